The van der Waals surface area contributed by atoms with E-state index in [1.165, 1.54) is 16.7 Å². The molecule has 3 heteroatoms. The molecule has 20 heavy (non-hydrogen) atoms. The third-order valence-electron chi connectivity index (χ3n) is 3.36. The Morgan fingerprint density at radius 1 is 1.10 bits per heavy atom. The van der Waals surface area contributed by atoms with E-state index in [4.69, 9.17) is 17.3 Å². The van der Waals surface area contributed by atoms with Gasteiger partial charge in [-0.05, 0) is 43.1 Å². The van der Waals surface area contributed by atoms with Crippen molar-refractivity contribution >= 4 is 17.3 Å². The Balaban J connectivity index is 2.14. The monoisotopic (exact) mass is 288 g/mol. The first-order valence-electron chi connectivity index (χ1n) is 6.85. The lowest BCUT2D eigenvalue weighted by atomic mass is 10.1. The summed E-state index contributed by atoms with van der Waals surface area (Å²) in [5, 5.41) is 0.783. The van der Waals surface area contributed by atoms with Gasteiger partial charge >= 0.3 is 0 Å². The summed E-state index contributed by atoms with van der Waals surface area (Å²) in [6.45, 7) is 3.60. The first-order chi connectivity index (χ1) is 9.60. The molecule has 0 aromatic heterocycles. The smallest absolute Gasteiger partial charge is 0.0642 e. The van der Waals surface area contributed by atoms with Crippen LogP contribution in [0.15, 0.2) is 42.5 Å². The van der Waals surface area contributed by atoms with Gasteiger partial charge in [0.2, 0.25) is 0 Å². The standard InChI is InChI=1S/C17H21ClN2/c1-13-4-3-5-15(10-13)12-20(2)17-7-6-14(8-9-19)11-16(17)18/h3-7,10-11H,8-9,12,19H2,1-2H3. The van der Waals surface area contributed by atoms with Gasteiger partial charge in [0.15, 0.2) is 0 Å². The first kappa shape index (κ1) is 14.9. The lowest BCUT2D eigenvalue weighted by molar-refractivity contribution is 0.917. The zero-order valence-electron chi connectivity index (χ0n) is 12.1. The van der Waals surface area contributed by atoms with Crippen LogP contribution in [0.4, 0.5) is 5.69 Å². The van der Waals surface area contributed by atoms with Crippen molar-refractivity contribution in [2.24, 2.45) is 5.73 Å². The molecule has 0 saturated heterocycles. The van der Waals surface area contributed by atoms with E-state index in [0.29, 0.717) is 6.54 Å². The van der Waals surface area contributed by atoms with Crippen molar-refractivity contribution in [1.82, 2.24) is 0 Å². The number of halogens is 1. The molecule has 106 valence electrons. The predicted octanol–water partition coefficient (Wildman–Crippen LogP) is 3.79. The molecule has 2 rings (SSSR count). The van der Waals surface area contributed by atoms with Crippen LogP contribution in [-0.4, -0.2) is 13.6 Å². The Labute approximate surface area is 126 Å². The molecule has 0 radical (unpaired) electrons. The number of hydrogen-bond acceptors (Lipinski definition) is 2. The maximum atomic E-state index is 6.38. The summed E-state index contributed by atoms with van der Waals surface area (Å²) in [7, 11) is 2.06. The molecule has 0 fully saturated rings. The lowest BCUT2D eigenvalue weighted by Crippen LogP contribution is -2.17. The SMILES string of the molecule is Cc1cccc(CN(C)c2ccc(CCN)cc2Cl)c1. The van der Waals surface area contributed by atoms with E-state index >= 15 is 0 Å². The fourth-order valence-electron chi connectivity index (χ4n) is 2.35. The Kier molecular flexibility index (Phi) is 5.05. The van der Waals surface area contributed by atoms with Gasteiger partial charge in [-0.15, -0.1) is 0 Å². The normalized spacial score (nSPS) is 10.6. The highest BCUT2D eigenvalue weighted by Gasteiger charge is 2.07. The quantitative estimate of drug-likeness (QED) is 0.907. The number of hydrogen-bond donors (Lipinski definition) is 1. The molecule has 0 aliphatic rings. The number of nitrogens with two attached hydrogens (primary N) is 1. The molecular weight excluding hydrogens is 268 g/mol. The van der Waals surface area contributed by atoms with Crippen LogP contribution in [-0.2, 0) is 13.0 Å². The number of benzene rings is 2. The van der Waals surface area contributed by atoms with Crippen molar-refractivity contribution in [3.63, 3.8) is 0 Å². The largest absolute Gasteiger partial charge is 0.369 e. The highest BCUT2D eigenvalue weighted by Crippen LogP contribution is 2.27. The van der Waals surface area contributed by atoms with Crippen LogP contribution in [0.3, 0.4) is 0 Å². The molecule has 0 aliphatic carbocycles. The average Bonchev–Trinajstić information content (AvgIpc) is 2.39. The molecule has 0 amide bonds. The van der Waals surface area contributed by atoms with Gasteiger partial charge in [-0.1, -0.05) is 47.5 Å². The molecule has 0 atom stereocenters. The van der Waals surface area contributed by atoms with E-state index in [9.17, 15) is 0 Å². The predicted molar refractivity (Wildman–Crippen MR) is 87.5 cm³/mol. The maximum absolute atomic E-state index is 6.38. The van der Waals surface area contributed by atoms with Gasteiger partial charge in [-0.25, -0.2) is 0 Å². The van der Waals surface area contributed by atoms with Gasteiger partial charge in [0.05, 0.1) is 10.7 Å². The summed E-state index contributed by atoms with van der Waals surface area (Å²) in [5.74, 6) is 0. The van der Waals surface area contributed by atoms with Gasteiger partial charge in [-0.3, -0.25) is 0 Å². The minimum atomic E-state index is 0.648. The van der Waals surface area contributed by atoms with E-state index < -0.39 is 0 Å². The molecule has 0 aliphatic heterocycles. The van der Waals surface area contributed by atoms with Crippen molar-refractivity contribution in [3.05, 3.63) is 64.2 Å². The lowest BCUT2D eigenvalue weighted by Gasteiger charge is -2.21. The van der Waals surface area contributed by atoms with E-state index in [0.717, 1.165) is 23.7 Å². The molecule has 2 N–H and O–H groups in total. The van der Waals surface area contributed by atoms with E-state index in [-0.39, 0.29) is 0 Å². The number of anilines is 1. The molecule has 0 spiro atoms. The van der Waals surface area contributed by atoms with Crippen LogP contribution in [0.5, 0.6) is 0 Å². The number of rotatable bonds is 5. The highest BCUT2D eigenvalue weighted by atomic mass is 35.5. The van der Waals surface area contributed by atoms with Gasteiger partial charge < -0.3 is 10.6 Å². The van der Waals surface area contributed by atoms with Crippen molar-refractivity contribution in [2.45, 2.75) is 19.9 Å². The Morgan fingerprint density at radius 3 is 2.55 bits per heavy atom. The second-order valence-corrected chi connectivity index (χ2v) is 5.58. The zero-order chi connectivity index (χ0) is 14.5. The topological polar surface area (TPSA) is 29.3 Å². The highest BCUT2D eigenvalue weighted by molar-refractivity contribution is 6.33. The molecule has 0 bridgehead atoms. The summed E-state index contributed by atoms with van der Waals surface area (Å²) in [5.41, 5.74) is 10.4. The minimum Gasteiger partial charge on any atom is -0.369 e. The molecule has 0 unspecified atom stereocenters. The van der Waals surface area contributed by atoms with Crippen LogP contribution in [0, 0.1) is 6.92 Å². The van der Waals surface area contributed by atoms with Gasteiger partial charge in [-0.2, -0.15) is 0 Å². The average molecular weight is 289 g/mol. The second kappa shape index (κ2) is 6.78. The molecular formula is C17H21ClN2. The van der Waals surface area contributed by atoms with Crippen LogP contribution in [0.25, 0.3) is 0 Å². The minimum absolute atomic E-state index is 0.648. The summed E-state index contributed by atoms with van der Waals surface area (Å²) >= 11 is 6.38. The second-order valence-electron chi connectivity index (χ2n) is 5.17. The summed E-state index contributed by atoms with van der Waals surface area (Å²) in [4.78, 5) is 2.17. The van der Waals surface area contributed by atoms with Crippen molar-refractivity contribution in [1.29, 1.82) is 0 Å². The summed E-state index contributed by atoms with van der Waals surface area (Å²) in [6.07, 6.45) is 0.863. The van der Waals surface area contributed by atoms with Crippen molar-refractivity contribution < 1.29 is 0 Å². The van der Waals surface area contributed by atoms with Crippen molar-refractivity contribution in [2.75, 3.05) is 18.5 Å². The molecule has 0 heterocycles. The zero-order valence-corrected chi connectivity index (χ0v) is 12.8. The van der Waals surface area contributed by atoms with E-state index in [1.807, 2.05) is 6.07 Å². The Hall–Kier alpha value is -1.51. The fourth-order valence-corrected chi connectivity index (χ4v) is 2.70. The third-order valence-corrected chi connectivity index (χ3v) is 3.66. The summed E-state index contributed by atoms with van der Waals surface area (Å²) < 4.78 is 0. The maximum Gasteiger partial charge on any atom is 0.0642 e. The van der Waals surface area contributed by atoms with Crippen LogP contribution in [0.1, 0.15) is 16.7 Å². The van der Waals surface area contributed by atoms with E-state index in [1.54, 1.807) is 0 Å². The van der Waals surface area contributed by atoms with Crippen LogP contribution >= 0.6 is 11.6 Å². The number of aryl methyl sites for hydroxylation is 1. The van der Waals surface area contributed by atoms with Gasteiger partial charge in [0.25, 0.3) is 0 Å². The van der Waals surface area contributed by atoms with E-state index in [2.05, 4.69) is 55.3 Å². The molecule has 0 saturated carbocycles. The molecule has 2 nitrogen and oxygen atoms in total. The summed E-state index contributed by atoms with van der Waals surface area (Å²) in [6, 6.07) is 14.7. The first-order valence-corrected chi connectivity index (χ1v) is 7.23. The fraction of sp³-hybridized carbons (Fsp3) is 0.294. The third kappa shape index (κ3) is 3.75. The number of nitrogens with zero attached hydrogens (tertiary/aromatic N) is 1. The molecule has 2 aromatic carbocycles. The van der Waals surface area contributed by atoms with Gasteiger partial charge in [0, 0.05) is 13.6 Å². The molecule has 2 aromatic rings. The Bertz CT molecular complexity index is 581. The van der Waals surface area contributed by atoms with Crippen LogP contribution < -0.4 is 10.6 Å². The van der Waals surface area contributed by atoms with Gasteiger partial charge in [0.1, 0.15) is 0 Å². The Morgan fingerprint density at radius 2 is 1.90 bits per heavy atom. The van der Waals surface area contributed by atoms with Crippen molar-refractivity contribution in [3.8, 4) is 0 Å². The van der Waals surface area contributed by atoms with Crippen LogP contribution in [0.2, 0.25) is 5.02 Å².